The number of phosphoric ester groups is 1. The first kappa shape index (κ1) is 53.9. The molecule has 3 fully saturated rings. The molecule has 9 heterocycles. The first-order valence-corrected chi connectivity index (χ1v) is 22.7. The third kappa shape index (κ3) is 11.1. The predicted molar refractivity (Wildman–Crippen MR) is 246 cm³/mol. The van der Waals surface area contributed by atoms with Crippen LogP contribution in [0.15, 0.2) is 33.4 Å². The van der Waals surface area contributed by atoms with E-state index in [1.54, 1.807) is 14.1 Å². The van der Waals surface area contributed by atoms with Crippen LogP contribution < -0.4 is 49.4 Å². The van der Waals surface area contributed by atoms with Gasteiger partial charge in [0.2, 0.25) is 16.3 Å². The van der Waals surface area contributed by atoms with Crippen molar-refractivity contribution in [2.75, 3.05) is 53.0 Å². The molecule has 0 radical (unpaired) electrons. The molecule has 6 aromatic heterocycles. The van der Waals surface area contributed by atoms with Crippen molar-refractivity contribution in [3.05, 3.63) is 49.7 Å². The van der Waals surface area contributed by atoms with Crippen molar-refractivity contribution in [2.45, 2.75) is 73.6 Å². The summed E-state index contributed by atoms with van der Waals surface area (Å²) in [6.45, 7) is -1.58. The van der Waals surface area contributed by atoms with Gasteiger partial charge in [0.15, 0.2) is 53.1 Å². The SMILES string of the molecule is Cn1nc(N)c(=O)c2c(N[C@@H]3O[C@H](CO)[C@H](O)C3O)ncnc21.Cn1nc(N)c(=O)c2c(N[C@@H]3O[C@H](COP(=O)(O)O)[C@H](O)C3O)ncnc21.Cn1nc(N)c(=O)c2c(N[C@H]3O[C@H](CO)[C@H](O)C3O)ncnc21. The number of hydrogen-bond donors (Lipinski definition) is 16. The van der Waals surface area contributed by atoms with Crippen LogP contribution in [-0.4, -0.2) is 203 Å². The summed E-state index contributed by atoms with van der Waals surface area (Å²) in [6, 6.07) is 0. The van der Waals surface area contributed by atoms with E-state index in [0.29, 0.717) is 0 Å². The van der Waals surface area contributed by atoms with Gasteiger partial charge in [-0.1, -0.05) is 0 Å². The van der Waals surface area contributed by atoms with E-state index in [0.717, 1.165) is 6.33 Å². The van der Waals surface area contributed by atoms with E-state index in [9.17, 15) is 49.6 Å². The molecular weight excluding hydrogens is 1000 g/mol. The van der Waals surface area contributed by atoms with Crippen LogP contribution in [0.3, 0.4) is 0 Å². The number of hydrogen-bond acceptors (Lipinski definition) is 31. The Bertz CT molecular complexity index is 3090. The molecule has 12 atom stereocenters. The molecule has 6 aromatic rings. The lowest BCUT2D eigenvalue weighted by Crippen LogP contribution is -2.37. The first-order chi connectivity index (χ1) is 34.5. The molecule has 9 rings (SSSR count). The summed E-state index contributed by atoms with van der Waals surface area (Å²) in [6.07, 6.45) is -11.0. The fourth-order valence-corrected chi connectivity index (χ4v) is 7.93. The molecule has 0 saturated carbocycles. The highest BCUT2D eigenvalue weighted by atomic mass is 31.2. The number of anilines is 6. The molecule has 37 heteroatoms. The van der Waals surface area contributed by atoms with Crippen molar-refractivity contribution in [3.63, 3.8) is 0 Å². The number of ether oxygens (including phenoxy) is 3. The molecule has 3 unspecified atom stereocenters. The maximum absolute atomic E-state index is 12.3. The van der Waals surface area contributed by atoms with Gasteiger partial charge in [0.25, 0.3) is 0 Å². The van der Waals surface area contributed by atoms with Gasteiger partial charge in [0.1, 0.15) is 108 Å². The molecule has 3 aliphatic heterocycles. The second-order valence-electron chi connectivity index (χ2n) is 16.1. The standard InChI is InChI=1S/C12H17N6O8P.2C12H16N6O5/c1-18-11-5(7(20)9(13)17-18)10(14-3-15-11)16-12-8(21)6(19)4(26-12)2-25-27(22,23)24;2*1-18-11-5(7(21)9(13)17-18)10(14-3-15-11)16-12-8(22)6(20)4(2-19)23-12/h3-4,6,8,12,19,21H,2H2,1H3,(H2,13,17)(H,14,15,16)(H2,22,23,24);2*3-4,6,8,12,19-20,22H,2H2,1H3,(H2,13,17)(H,14,15,16)/t4-,6+,8?,12-;4-,6+,8?,12+;4-,6+,8?,12-/m111/s1. The number of aliphatic hydroxyl groups excluding tert-OH is 8. The monoisotopic (exact) mass is 1050 g/mol. The van der Waals surface area contributed by atoms with Gasteiger partial charge in [-0.25, -0.2) is 48.5 Å². The van der Waals surface area contributed by atoms with Crippen molar-refractivity contribution < 1.29 is 73.9 Å². The minimum Gasteiger partial charge on any atom is -0.394 e. The lowest BCUT2D eigenvalue weighted by molar-refractivity contribution is -0.0153. The Kier molecular flexibility index (Phi) is 16.0. The number of rotatable bonds is 11. The zero-order valence-corrected chi connectivity index (χ0v) is 39.0. The van der Waals surface area contributed by atoms with Crippen molar-refractivity contribution in [2.24, 2.45) is 21.1 Å². The molecular formula is C36H49N18O18P. The summed E-state index contributed by atoms with van der Waals surface area (Å²) in [5.74, 6) is -0.594. The van der Waals surface area contributed by atoms with Crippen molar-refractivity contribution in [3.8, 4) is 0 Å². The number of nitrogen functional groups attached to an aromatic ring is 3. The number of phosphoric acid groups is 1. The molecule has 3 aliphatic rings. The fraction of sp³-hybridized carbons (Fsp3) is 0.500. The minimum atomic E-state index is -4.78. The summed E-state index contributed by atoms with van der Waals surface area (Å²) in [5.41, 5.74) is 15.6. The Balaban J connectivity index is 0.000000161. The quantitative estimate of drug-likeness (QED) is 0.0536. The van der Waals surface area contributed by atoms with Crippen molar-refractivity contribution >= 4 is 75.8 Å². The Labute approximate surface area is 405 Å². The van der Waals surface area contributed by atoms with Gasteiger partial charge < -0.3 is 98.0 Å². The molecule has 3 saturated heterocycles. The molecule has 0 spiro atoms. The molecule has 73 heavy (non-hydrogen) atoms. The van der Waals surface area contributed by atoms with Gasteiger partial charge in [-0.2, -0.15) is 0 Å². The smallest absolute Gasteiger partial charge is 0.394 e. The molecule has 0 amide bonds. The molecule has 0 bridgehead atoms. The molecule has 396 valence electrons. The summed E-state index contributed by atoms with van der Waals surface area (Å²) in [4.78, 5) is 78.0. The fourth-order valence-electron chi connectivity index (χ4n) is 7.59. The largest absolute Gasteiger partial charge is 0.469 e. The third-order valence-electron chi connectivity index (χ3n) is 11.2. The van der Waals surface area contributed by atoms with Gasteiger partial charge in [-0.15, -0.1) is 15.3 Å². The highest BCUT2D eigenvalue weighted by molar-refractivity contribution is 7.46. The van der Waals surface area contributed by atoms with E-state index >= 15 is 0 Å². The second kappa shape index (κ2) is 21.7. The molecule has 0 aliphatic carbocycles. The lowest BCUT2D eigenvalue weighted by atomic mass is 10.1. The van der Waals surface area contributed by atoms with Gasteiger partial charge in [-0.05, 0) is 0 Å². The average molecular weight is 1050 g/mol. The minimum absolute atomic E-state index is 0.00675. The number of aryl methyl sites for hydroxylation is 3. The Morgan fingerprint density at radius 1 is 0.534 bits per heavy atom. The lowest BCUT2D eigenvalue weighted by Gasteiger charge is -2.18. The van der Waals surface area contributed by atoms with Crippen LogP contribution in [0.4, 0.5) is 34.9 Å². The van der Waals surface area contributed by atoms with Crippen LogP contribution in [0.2, 0.25) is 0 Å². The average Bonchev–Trinajstić information content (AvgIpc) is 3.90. The highest BCUT2D eigenvalue weighted by Crippen LogP contribution is 2.37. The summed E-state index contributed by atoms with van der Waals surface area (Å²) in [7, 11) is -0.115. The Hall–Kier alpha value is -6.87. The van der Waals surface area contributed by atoms with Gasteiger partial charge in [0, 0.05) is 21.1 Å². The van der Waals surface area contributed by atoms with E-state index in [-0.39, 0.29) is 68.0 Å². The molecule has 19 N–H and O–H groups in total. The maximum Gasteiger partial charge on any atom is 0.469 e. The molecule has 36 nitrogen and oxygen atoms in total. The second-order valence-corrected chi connectivity index (χ2v) is 17.3. The summed E-state index contributed by atoms with van der Waals surface area (Å²) in [5, 5.41) is 97.5. The topological polar surface area (TPSA) is 552 Å². The third-order valence-corrected chi connectivity index (χ3v) is 11.7. The van der Waals surface area contributed by atoms with Crippen LogP contribution >= 0.6 is 7.82 Å². The van der Waals surface area contributed by atoms with Crippen LogP contribution in [-0.2, 0) is 44.4 Å². The number of nitrogens with one attached hydrogen (secondary N) is 3. The Morgan fingerprint density at radius 2 is 0.822 bits per heavy atom. The van der Waals surface area contributed by atoms with Crippen LogP contribution in [0.5, 0.6) is 0 Å². The van der Waals surface area contributed by atoms with E-state index in [2.05, 4.69) is 65.7 Å². The predicted octanol–water partition coefficient (Wildman–Crippen LogP) is -8.41. The van der Waals surface area contributed by atoms with Crippen LogP contribution in [0, 0.1) is 0 Å². The van der Waals surface area contributed by atoms with Gasteiger partial charge in [0.05, 0.1) is 19.8 Å². The first-order valence-electron chi connectivity index (χ1n) is 21.1. The normalized spacial score (nSPS) is 26.9. The zero-order chi connectivity index (χ0) is 53.4. The summed E-state index contributed by atoms with van der Waals surface area (Å²) < 4.78 is 35.0. The van der Waals surface area contributed by atoms with E-state index < -0.39 is 118 Å². The maximum atomic E-state index is 12.3. The Morgan fingerprint density at radius 3 is 1.10 bits per heavy atom. The number of nitrogens with zero attached hydrogens (tertiary/aromatic N) is 12. The van der Waals surface area contributed by atoms with Crippen LogP contribution in [0.1, 0.15) is 0 Å². The number of nitrogens with two attached hydrogens (primary N) is 3. The number of fused-ring (bicyclic) bond motifs is 3. The number of aromatic nitrogens is 12. The zero-order valence-electron chi connectivity index (χ0n) is 38.1. The van der Waals surface area contributed by atoms with E-state index in [1.165, 1.54) is 33.7 Å². The highest BCUT2D eigenvalue weighted by Gasteiger charge is 2.45. The summed E-state index contributed by atoms with van der Waals surface area (Å²) >= 11 is 0. The van der Waals surface area contributed by atoms with Gasteiger partial charge >= 0.3 is 7.82 Å². The van der Waals surface area contributed by atoms with Crippen molar-refractivity contribution in [1.82, 2.24) is 59.2 Å². The van der Waals surface area contributed by atoms with E-state index in [4.69, 9.17) is 51.4 Å². The van der Waals surface area contributed by atoms with Crippen molar-refractivity contribution in [1.29, 1.82) is 0 Å². The van der Waals surface area contributed by atoms with Gasteiger partial charge in [-0.3, -0.25) is 18.9 Å². The molecule has 0 aromatic carbocycles. The van der Waals surface area contributed by atoms with Crippen LogP contribution in [0.25, 0.3) is 33.1 Å². The number of aliphatic hydroxyl groups is 8. The van der Waals surface area contributed by atoms with E-state index in [1.807, 2.05) is 0 Å².